The van der Waals surface area contributed by atoms with Crippen LogP contribution in [0.25, 0.3) is 0 Å². The zero-order valence-electron chi connectivity index (χ0n) is 9.80. The molecular formula is C12H18N4. The first-order chi connectivity index (χ1) is 7.83. The van der Waals surface area contributed by atoms with Gasteiger partial charge in [0.15, 0.2) is 0 Å². The molecule has 4 heteroatoms. The molecule has 0 unspecified atom stereocenters. The summed E-state index contributed by atoms with van der Waals surface area (Å²) in [5.74, 6) is 0. The van der Waals surface area contributed by atoms with Crippen LogP contribution in [0.2, 0.25) is 0 Å². The molecule has 86 valence electrons. The van der Waals surface area contributed by atoms with E-state index in [1.165, 1.54) is 5.56 Å². The molecule has 0 atom stereocenters. The summed E-state index contributed by atoms with van der Waals surface area (Å²) in [5, 5.41) is 3.97. The maximum absolute atomic E-state index is 3.97. The van der Waals surface area contributed by atoms with Gasteiger partial charge >= 0.3 is 0 Å². The zero-order valence-corrected chi connectivity index (χ0v) is 9.80. The fraction of sp³-hybridized carbons (Fsp3) is 0.333. The average Bonchev–Trinajstić information content (AvgIpc) is 2.33. The molecule has 0 aliphatic heterocycles. The van der Waals surface area contributed by atoms with Gasteiger partial charge in [-0.2, -0.15) is 5.10 Å². The Kier molecular flexibility index (Phi) is 5.70. The Hall–Kier alpha value is -1.84. The molecule has 0 heterocycles. The van der Waals surface area contributed by atoms with Crippen LogP contribution in [0, 0.1) is 0 Å². The van der Waals surface area contributed by atoms with Crippen molar-refractivity contribution in [2.24, 2.45) is 10.1 Å². The first kappa shape index (κ1) is 12.2. The van der Waals surface area contributed by atoms with Crippen molar-refractivity contribution in [1.82, 2.24) is 10.3 Å². The summed E-state index contributed by atoms with van der Waals surface area (Å²) in [6.07, 6.45) is 4.32. The predicted molar refractivity (Wildman–Crippen MR) is 68.8 cm³/mol. The average molecular weight is 218 g/mol. The van der Waals surface area contributed by atoms with Crippen LogP contribution in [0.5, 0.6) is 0 Å². The number of likely N-dealkylation sites (N-methyl/N-ethyl adjacent to an activating group) is 1. The molecule has 0 saturated carbocycles. The van der Waals surface area contributed by atoms with E-state index in [1.807, 2.05) is 18.0 Å². The molecule has 16 heavy (non-hydrogen) atoms. The van der Waals surface area contributed by atoms with Gasteiger partial charge in [0.1, 0.15) is 12.7 Å². The van der Waals surface area contributed by atoms with Crippen LogP contribution in [0.3, 0.4) is 0 Å². The lowest BCUT2D eigenvalue weighted by atomic mass is 10.1. The summed E-state index contributed by atoms with van der Waals surface area (Å²) < 4.78 is 0. The van der Waals surface area contributed by atoms with Gasteiger partial charge in [0.25, 0.3) is 0 Å². The van der Waals surface area contributed by atoms with Crippen molar-refractivity contribution in [3.8, 4) is 0 Å². The number of hydrogen-bond acceptors (Lipinski definition) is 2. The second-order valence-corrected chi connectivity index (χ2v) is 3.48. The van der Waals surface area contributed by atoms with E-state index < -0.39 is 0 Å². The third kappa shape index (κ3) is 5.14. The van der Waals surface area contributed by atoms with Gasteiger partial charge < -0.3 is 4.90 Å². The fourth-order valence-corrected chi connectivity index (χ4v) is 1.23. The van der Waals surface area contributed by atoms with Gasteiger partial charge in [-0.25, -0.2) is 0 Å². The minimum Gasteiger partial charge on any atom is -0.364 e. The molecule has 0 aromatic heterocycles. The molecular weight excluding hydrogens is 200 g/mol. The minimum absolute atomic E-state index is 0.943. The fourth-order valence-electron chi connectivity index (χ4n) is 1.23. The second-order valence-electron chi connectivity index (χ2n) is 3.48. The van der Waals surface area contributed by atoms with E-state index in [1.54, 1.807) is 19.7 Å². The van der Waals surface area contributed by atoms with Gasteiger partial charge in [-0.3, -0.25) is 10.4 Å². The van der Waals surface area contributed by atoms with E-state index in [0.717, 1.165) is 13.0 Å². The van der Waals surface area contributed by atoms with Gasteiger partial charge in [-0.15, -0.1) is 0 Å². The van der Waals surface area contributed by atoms with Crippen molar-refractivity contribution < 1.29 is 0 Å². The molecule has 0 aliphatic carbocycles. The van der Waals surface area contributed by atoms with E-state index in [-0.39, 0.29) is 0 Å². The van der Waals surface area contributed by atoms with E-state index in [4.69, 9.17) is 0 Å². The molecule has 1 N–H and O–H groups in total. The van der Waals surface area contributed by atoms with Crippen molar-refractivity contribution in [2.75, 3.05) is 20.6 Å². The molecule has 0 fully saturated rings. The maximum Gasteiger partial charge on any atom is 0.111 e. The third-order valence-corrected chi connectivity index (χ3v) is 2.11. The van der Waals surface area contributed by atoms with Crippen LogP contribution >= 0.6 is 0 Å². The first-order valence-electron chi connectivity index (χ1n) is 5.26. The predicted octanol–water partition coefficient (Wildman–Crippen LogP) is 1.35. The number of benzene rings is 1. The van der Waals surface area contributed by atoms with E-state index in [9.17, 15) is 0 Å². The molecule has 4 nitrogen and oxygen atoms in total. The molecule has 1 aromatic rings. The number of nitrogens with one attached hydrogen (secondary N) is 1. The van der Waals surface area contributed by atoms with Crippen LogP contribution in [0.1, 0.15) is 5.56 Å². The molecule has 1 rings (SSSR count). The highest BCUT2D eigenvalue weighted by Gasteiger charge is 1.94. The number of nitrogens with zero attached hydrogens (tertiary/aromatic N) is 3. The highest BCUT2D eigenvalue weighted by Crippen LogP contribution is 1.99. The molecule has 0 bridgehead atoms. The quantitative estimate of drug-likeness (QED) is 0.445. The zero-order chi connectivity index (χ0) is 11.6. The molecule has 1 aromatic carbocycles. The monoisotopic (exact) mass is 218 g/mol. The van der Waals surface area contributed by atoms with Gasteiger partial charge in [0.2, 0.25) is 0 Å². The smallest absolute Gasteiger partial charge is 0.111 e. The highest BCUT2D eigenvalue weighted by atomic mass is 15.3. The van der Waals surface area contributed by atoms with Crippen LogP contribution in [-0.4, -0.2) is 38.2 Å². The molecule has 0 spiro atoms. The summed E-state index contributed by atoms with van der Waals surface area (Å²) in [4.78, 5) is 5.79. The lowest BCUT2D eigenvalue weighted by Gasteiger charge is -2.12. The third-order valence-electron chi connectivity index (χ3n) is 2.11. The van der Waals surface area contributed by atoms with Crippen molar-refractivity contribution in [2.45, 2.75) is 6.42 Å². The topological polar surface area (TPSA) is 40.0 Å². The van der Waals surface area contributed by atoms with Crippen molar-refractivity contribution in [3.63, 3.8) is 0 Å². The largest absolute Gasteiger partial charge is 0.364 e. The number of aliphatic imine (C=N–C) groups is 1. The Morgan fingerprint density at radius 2 is 2.06 bits per heavy atom. The SMILES string of the molecule is CN=CNN=CN(C)CCc1ccccc1. The standard InChI is InChI=1S/C12H18N4/c1-13-10-14-15-11-16(2)9-8-12-6-4-3-5-7-12/h3-7,10-11H,8-9H2,1-2H3,(H,13,14). The lowest BCUT2D eigenvalue weighted by molar-refractivity contribution is 0.520. The van der Waals surface area contributed by atoms with E-state index in [0.29, 0.717) is 0 Å². The Bertz CT molecular complexity index is 332. The van der Waals surface area contributed by atoms with Crippen LogP contribution in [0.15, 0.2) is 40.4 Å². The van der Waals surface area contributed by atoms with Crippen molar-refractivity contribution in [3.05, 3.63) is 35.9 Å². The number of hydrazone groups is 1. The Morgan fingerprint density at radius 3 is 2.75 bits per heavy atom. The van der Waals surface area contributed by atoms with Crippen molar-refractivity contribution in [1.29, 1.82) is 0 Å². The summed E-state index contributed by atoms with van der Waals surface area (Å²) in [6.45, 7) is 0.943. The molecule has 0 amide bonds. The Labute approximate surface area is 96.7 Å². The maximum atomic E-state index is 3.97. The van der Waals surface area contributed by atoms with Crippen LogP contribution in [-0.2, 0) is 6.42 Å². The summed E-state index contributed by atoms with van der Waals surface area (Å²) >= 11 is 0. The van der Waals surface area contributed by atoms with Crippen LogP contribution < -0.4 is 5.43 Å². The normalized spacial score (nSPS) is 11.1. The molecule has 0 radical (unpaired) electrons. The van der Waals surface area contributed by atoms with Crippen LogP contribution in [0.4, 0.5) is 0 Å². The summed E-state index contributed by atoms with van der Waals surface area (Å²) in [6, 6.07) is 10.4. The summed E-state index contributed by atoms with van der Waals surface area (Å²) in [7, 11) is 3.69. The lowest BCUT2D eigenvalue weighted by Crippen LogP contribution is -2.20. The second kappa shape index (κ2) is 7.45. The highest BCUT2D eigenvalue weighted by molar-refractivity contribution is 5.59. The Balaban J connectivity index is 2.25. The van der Waals surface area contributed by atoms with Gasteiger partial charge in [0.05, 0.1) is 0 Å². The first-order valence-corrected chi connectivity index (χ1v) is 5.26. The van der Waals surface area contributed by atoms with Gasteiger partial charge in [-0.05, 0) is 12.0 Å². The minimum atomic E-state index is 0.943. The van der Waals surface area contributed by atoms with E-state index >= 15 is 0 Å². The Morgan fingerprint density at radius 1 is 1.31 bits per heavy atom. The number of rotatable bonds is 6. The molecule has 0 aliphatic rings. The van der Waals surface area contributed by atoms with Gasteiger partial charge in [-0.1, -0.05) is 30.3 Å². The van der Waals surface area contributed by atoms with Crippen molar-refractivity contribution >= 4 is 12.7 Å². The van der Waals surface area contributed by atoms with Gasteiger partial charge in [0, 0.05) is 20.6 Å². The summed E-state index contributed by atoms with van der Waals surface area (Å²) in [5.41, 5.74) is 4.04. The number of hydrogen-bond donors (Lipinski definition) is 1. The molecule has 0 saturated heterocycles. The van der Waals surface area contributed by atoms with E-state index in [2.05, 4.69) is 39.8 Å².